The van der Waals surface area contributed by atoms with Gasteiger partial charge in [-0.1, -0.05) is 6.07 Å². The van der Waals surface area contributed by atoms with Gasteiger partial charge in [0.2, 0.25) is 0 Å². The second-order valence-corrected chi connectivity index (χ2v) is 5.05. The van der Waals surface area contributed by atoms with Crippen molar-refractivity contribution in [2.75, 3.05) is 17.2 Å². The number of anilines is 2. The molecule has 2 aromatic carbocycles. The number of carbonyl (C=O) groups excluding carboxylic acids is 1. The summed E-state index contributed by atoms with van der Waals surface area (Å²) in [5.74, 6) is -0.463. The zero-order valence-corrected chi connectivity index (χ0v) is 11.2. The Morgan fingerprint density at radius 3 is 2.65 bits per heavy atom. The number of carbonyl (C=O) groups is 1. The van der Waals surface area contributed by atoms with Gasteiger partial charge in [0.05, 0.1) is 0 Å². The summed E-state index contributed by atoms with van der Waals surface area (Å²) in [6, 6.07) is 9.49. The van der Waals surface area contributed by atoms with Crippen molar-refractivity contribution in [3.63, 3.8) is 0 Å². The van der Waals surface area contributed by atoms with Crippen LogP contribution in [-0.4, -0.2) is 12.5 Å². The molecule has 1 heterocycles. The van der Waals surface area contributed by atoms with E-state index in [1.54, 1.807) is 4.90 Å². The Morgan fingerprint density at radius 1 is 1.25 bits per heavy atom. The van der Waals surface area contributed by atoms with Crippen molar-refractivity contribution in [3.8, 4) is 0 Å². The maximum atomic E-state index is 12.9. The number of hydrogen-bond donors (Lipinski definition) is 1. The van der Waals surface area contributed by atoms with E-state index in [1.807, 2.05) is 19.1 Å². The van der Waals surface area contributed by atoms with Crippen LogP contribution in [0, 0.1) is 12.7 Å². The lowest BCUT2D eigenvalue weighted by molar-refractivity contribution is 0.0989. The summed E-state index contributed by atoms with van der Waals surface area (Å²) in [6.45, 7) is 2.59. The predicted molar refractivity (Wildman–Crippen MR) is 77.4 cm³/mol. The quantitative estimate of drug-likeness (QED) is 0.810. The second-order valence-electron chi connectivity index (χ2n) is 5.05. The van der Waals surface area contributed by atoms with Crippen molar-refractivity contribution >= 4 is 17.3 Å². The number of nitrogens with two attached hydrogens (primary N) is 1. The van der Waals surface area contributed by atoms with E-state index < -0.39 is 0 Å². The van der Waals surface area contributed by atoms with Gasteiger partial charge in [0.25, 0.3) is 5.91 Å². The van der Waals surface area contributed by atoms with Gasteiger partial charge < -0.3 is 10.6 Å². The first-order valence-corrected chi connectivity index (χ1v) is 6.52. The molecule has 102 valence electrons. The smallest absolute Gasteiger partial charge is 0.258 e. The first-order chi connectivity index (χ1) is 9.56. The lowest BCUT2D eigenvalue weighted by atomic mass is 10.1. The third-order valence-corrected chi connectivity index (χ3v) is 3.70. The van der Waals surface area contributed by atoms with E-state index in [4.69, 9.17) is 5.73 Å². The summed E-state index contributed by atoms with van der Waals surface area (Å²) in [5, 5.41) is 0. The molecule has 0 bridgehead atoms. The number of halogens is 1. The van der Waals surface area contributed by atoms with Crippen molar-refractivity contribution in [1.82, 2.24) is 0 Å². The van der Waals surface area contributed by atoms with Crippen LogP contribution in [0.5, 0.6) is 0 Å². The summed E-state index contributed by atoms with van der Waals surface area (Å²) in [6.07, 6.45) is 0.823. The number of fused-ring (bicyclic) bond motifs is 1. The Hall–Kier alpha value is -2.36. The Balaban J connectivity index is 1.96. The molecule has 1 aliphatic heterocycles. The zero-order valence-electron chi connectivity index (χ0n) is 11.2. The molecule has 2 aromatic rings. The molecule has 0 atom stereocenters. The number of nitrogens with zero attached hydrogens (tertiary/aromatic N) is 1. The monoisotopic (exact) mass is 270 g/mol. The lowest BCUT2D eigenvalue weighted by Gasteiger charge is -2.18. The van der Waals surface area contributed by atoms with E-state index >= 15 is 0 Å². The molecular formula is C16H15FN2O. The summed E-state index contributed by atoms with van der Waals surface area (Å²) >= 11 is 0. The minimum absolute atomic E-state index is 0.119. The topological polar surface area (TPSA) is 46.3 Å². The Bertz CT molecular complexity index is 680. The summed E-state index contributed by atoms with van der Waals surface area (Å²) in [4.78, 5) is 14.2. The highest BCUT2D eigenvalue weighted by atomic mass is 19.1. The second kappa shape index (κ2) is 4.63. The molecule has 20 heavy (non-hydrogen) atoms. The molecule has 1 amide bonds. The molecule has 0 aliphatic carbocycles. The molecule has 4 heteroatoms. The van der Waals surface area contributed by atoms with E-state index in [0.717, 1.165) is 23.2 Å². The third kappa shape index (κ3) is 2.03. The number of nitrogen functional groups attached to an aromatic ring is 1. The Labute approximate surface area is 116 Å². The van der Waals surface area contributed by atoms with Crippen LogP contribution in [0.15, 0.2) is 36.4 Å². The van der Waals surface area contributed by atoms with Crippen LogP contribution in [-0.2, 0) is 6.42 Å². The third-order valence-electron chi connectivity index (χ3n) is 3.70. The molecule has 3 rings (SSSR count). The highest BCUT2D eigenvalue weighted by molar-refractivity contribution is 6.07. The zero-order chi connectivity index (χ0) is 14.3. The minimum atomic E-state index is -0.344. The van der Waals surface area contributed by atoms with Crippen LogP contribution < -0.4 is 10.6 Å². The number of rotatable bonds is 1. The van der Waals surface area contributed by atoms with Crippen LogP contribution in [0.3, 0.4) is 0 Å². The maximum Gasteiger partial charge on any atom is 0.258 e. The molecule has 3 nitrogen and oxygen atoms in total. The predicted octanol–water partition coefficient (Wildman–Crippen LogP) is 2.92. The van der Waals surface area contributed by atoms with Gasteiger partial charge in [-0.25, -0.2) is 4.39 Å². The van der Waals surface area contributed by atoms with Gasteiger partial charge in [-0.2, -0.15) is 0 Å². The maximum absolute atomic E-state index is 12.9. The Morgan fingerprint density at radius 2 is 1.95 bits per heavy atom. The van der Waals surface area contributed by atoms with E-state index in [9.17, 15) is 9.18 Å². The number of hydrogen-bond acceptors (Lipinski definition) is 2. The minimum Gasteiger partial charge on any atom is -0.398 e. The van der Waals surface area contributed by atoms with Crippen molar-refractivity contribution in [2.45, 2.75) is 13.3 Å². The standard InChI is InChI=1S/C16H15FN2O/c1-10-8-12-6-7-19(15(12)9-14(10)18)16(20)11-2-4-13(17)5-3-11/h2-5,8-9H,6-7,18H2,1H3. The molecule has 0 aromatic heterocycles. The molecule has 1 aliphatic rings. The van der Waals surface area contributed by atoms with E-state index in [0.29, 0.717) is 17.8 Å². The molecule has 0 unspecified atom stereocenters. The van der Waals surface area contributed by atoms with Crippen molar-refractivity contribution in [1.29, 1.82) is 0 Å². The molecule has 0 saturated heterocycles. The van der Waals surface area contributed by atoms with Gasteiger partial charge in [-0.3, -0.25) is 4.79 Å². The van der Waals surface area contributed by atoms with Crippen molar-refractivity contribution in [2.24, 2.45) is 0 Å². The highest BCUT2D eigenvalue weighted by Crippen LogP contribution is 2.33. The fourth-order valence-corrected chi connectivity index (χ4v) is 2.54. The van der Waals surface area contributed by atoms with Gasteiger partial charge in [0, 0.05) is 23.5 Å². The lowest BCUT2D eigenvalue weighted by Crippen LogP contribution is -2.28. The summed E-state index contributed by atoms with van der Waals surface area (Å²) in [7, 11) is 0. The van der Waals surface area contributed by atoms with Gasteiger partial charge in [0.1, 0.15) is 5.82 Å². The average Bonchev–Trinajstić information content (AvgIpc) is 2.82. The Kier molecular flexibility index (Phi) is 2.93. The molecule has 0 saturated carbocycles. The van der Waals surface area contributed by atoms with Gasteiger partial charge in [-0.15, -0.1) is 0 Å². The SMILES string of the molecule is Cc1cc2c(cc1N)N(C(=O)c1ccc(F)cc1)CC2. The highest BCUT2D eigenvalue weighted by Gasteiger charge is 2.26. The number of aryl methyl sites for hydroxylation is 1. The molecule has 2 N–H and O–H groups in total. The van der Waals surface area contributed by atoms with Crippen LogP contribution in [0.25, 0.3) is 0 Å². The van der Waals surface area contributed by atoms with E-state index in [-0.39, 0.29) is 11.7 Å². The summed E-state index contributed by atoms with van der Waals surface area (Å²) in [5.41, 5.74) is 10.1. The molecule has 0 fully saturated rings. The van der Waals surface area contributed by atoms with Crippen molar-refractivity contribution in [3.05, 3.63) is 58.9 Å². The number of amides is 1. The first-order valence-electron chi connectivity index (χ1n) is 6.52. The fourth-order valence-electron chi connectivity index (χ4n) is 2.54. The van der Waals surface area contributed by atoms with Gasteiger partial charge in [0.15, 0.2) is 0 Å². The molecular weight excluding hydrogens is 255 g/mol. The van der Waals surface area contributed by atoms with E-state index in [2.05, 4.69) is 0 Å². The normalized spacial score (nSPS) is 13.4. The fraction of sp³-hybridized carbons (Fsp3) is 0.188. The number of benzene rings is 2. The van der Waals surface area contributed by atoms with Crippen molar-refractivity contribution < 1.29 is 9.18 Å². The van der Waals surface area contributed by atoms with Crippen LogP contribution in [0.2, 0.25) is 0 Å². The van der Waals surface area contributed by atoms with Crippen LogP contribution in [0.4, 0.5) is 15.8 Å². The van der Waals surface area contributed by atoms with Gasteiger partial charge in [-0.05, 0) is 54.8 Å². The first kappa shape index (κ1) is 12.7. The van der Waals surface area contributed by atoms with E-state index in [1.165, 1.54) is 24.3 Å². The molecule has 0 radical (unpaired) electrons. The average molecular weight is 270 g/mol. The van der Waals surface area contributed by atoms with Gasteiger partial charge >= 0.3 is 0 Å². The van der Waals surface area contributed by atoms with Crippen LogP contribution in [0.1, 0.15) is 21.5 Å². The summed E-state index contributed by atoms with van der Waals surface area (Å²) < 4.78 is 12.9. The molecule has 0 spiro atoms. The van der Waals surface area contributed by atoms with Crippen LogP contribution >= 0.6 is 0 Å². The largest absolute Gasteiger partial charge is 0.398 e.